The number of esters is 1. The molecule has 0 spiro atoms. The number of rotatable bonds is 6. The molecule has 3 amide bonds. The minimum atomic E-state index is -0.540. The predicted molar refractivity (Wildman–Crippen MR) is 70.5 cm³/mol. The summed E-state index contributed by atoms with van der Waals surface area (Å²) in [7, 11) is 1.29. The van der Waals surface area contributed by atoms with Gasteiger partial charge in [0.15, 0.2) is 0 Å². The van der Waals surface area contributed by atoms with E-state index in [1.807, 2.05) is 13.8 Å². The third-order valence-corrected chi connectivity index (χ3v) is 2.31. The minimum Gasteiger partial charge on any atom is -0.468 e. The van der Waals surface area contributed by atoms with Crippen molar-refractivity contribution in [3.63, 3.8) is 0 Å². The van der Waals surface area contributed by atoms with Crippen molar-refractivity contribution in [3.8, 4) is 0 Å². The Kier molecular flexibility index (Phi) is 7.74. The van der Waals surface area contributed by atoms with Crippen LogP contribution in [0, 0.1) is 0 Å². The number of amides is 3. The highest BCUT2D eigenvalue weighted by Gasteiger charge is 2.19. The molecule has 0 fully saturated rings. The Morgan fingerprint density at radius 1 is 1.11 bits per heavy atom. The predicted octanol–water partition coefficient (Wildman–Crippen LogP) is 0.104. The van der Waals surface area contributed by atoms with Crippen LogP contribution in [0.15, 0.2) is 0 Å². The van der Waals surface area contributed by atoms with Crippen LogP contribution in [0.1, 0.15) is 27.7 Å². The lowest BCUT2D eigenvalue weighted by Crippen LogP contribution is -2.48. The number of methoxy groups -OCH3 is 1. The van der Waals surface area contributed by atoms with Gasteiger partial charge in [-0.15, -0.1) is 0 Å². The number of hydrogen-bond acceptors (Lipinski definition) is 5. The number of carbonyl (C=O) groups is 3. The lowest BCUT2D eigenvalue weighted by molar-refractivity contribution is -0.142. The maximum atomic E-state index is 11.7. The van der Waals surface area contributed by atoms with Gasteiger partial charge in [-0.05, 0) is 27.7 Å². The highest BCUT2D eigenvalue weighted by atomic mass is 16.5. The Labute approximate surface area is 113 Å². The van der Waals surface area contributed by atoms with Crippen molar-refractivity contribution in [3.05, 3.63) is 0 Å². The van der Waals surface area contributed by atoms with Crippen LogP contribution in [0.2, 0.25) is 0 Å². The van der Waals surface area contributed by atoms with E-state index in [1.165, 1.54) is 7.11 Å². The lowest BCUT2D eigenvalue weighted by atomic mass is 10.3. The Morgan fingerprint density at radius 3 is 2.11 bits per heavy atom. The van der Waals surface area contributed by atoms with Crippen LogP contribution >= 0.6 is 0 Å². The second-order valence-electron chi connectivity index (χ2n) is 4.75. The average Bonchev–Trinajstić information content (AvgIpc) is 2.26. The van der Waals surface area contributed by atoms with Gasteiger partial charge in [-0.1, -0.05) is 0 Å². The van der Waals surface area contributed by atoms with Crippen LogP contribution in [-0.4, -0.2) is 55.1 Å². The summed E-state index contributed by atoms with van der Waals surface area (Å²) in [5.41, 5.74) is 0. The summed E-state index contributed by atoms with van der Waals surface area (Å²) in [6.07, 6.45) is 0. The molecule has 0 aliphatic rings. The zero-order chi connectivity index (χ0) is 15.0. The van der Waals surface area contributed by atoms with Crippen molar-refractivity contribution >= 4 is 17.9 Å². The first-order chi connectivity index (χ1) is 8.76. The molecular formula is C12H23N3O4. The largest absolute Gasteiger partial charge is 0.468 e. The van der Waals surface area contributed by atoms with Crippen molar-refractivity contribution < 1.29 is 19.1 Å². The van der Waals surface area contributed by atoms with E-state index in [1.54, 1.807) is 18.7 Å². The fourth-order valence-electron chi connectivity index (χ4n) is 1.30. The number of imide groups is 1. The van der Waals surface area contributed by atoms with E-state index in [0.29, 0.717) is 0 Å². The molecule has 19 heavy (non-hydrogen) atoms. The number of urea groups is 1. The molecule has 2 N–H and O–H groups in total. The molecule has 7 heteroatoms. The van der Waals surface area contributed by atoms with Gasteiger partial charge in [0, 0.05) is 12.1 Å². The van der Waals surface area contributed by atoms with Crippen LogP contribution in [-0.2, 0) is 14.3 Å². The van der Waals surface area contributed by atoms with Gasteiger partial charge < -0.3 is 10.1 Å². The zero-order valence-corrected chi connectivity index (χ0v) is 12.1. The first kappa shape index (κ1) is 17.4. The molecule has 0 rings (SSSR count). The number of nitrogens with one attached hydrogen (secondary N) is 2. The highest BCUT2D eigenvalue weighted by Crippen LogP contribution is 1.98. The molecule has 0 unspecified atom stereocenters. The van der Waals surface area contributed by atoms with Gasteiger partial charge in [0.05, 0.1) is 20.2 Å². The standard InChI is InChI=1S/C12H23N3O4/c1-8(2)13-12(18)14-10(16)6-15(9(3)4)7-11(17)19-5/h8-9H,6-7H2,1-5H3,(H2,13,14,16,18). The first-order valence-electron chi connectivity index (χ1n) is 6.17. The summed E-state index contributed by atoms with van der Waals surface area (Å²) in [5, 5.41) is 4.75. The number of hydrogen-bond donors (Lipinski definition) is 2. The van der Waals surface area contributed by atoms with Crippen LogP contribution in [0.4, 0.5) is 4.79 Å². The topological polar surface area (TPSA) is 87.7 Å². The van der Waals surface area contributed by atoms with E-state index in [-0.39, 0.29) is 25.2 Å². The summed E-state index contributed by atoms with van der Waals surface area (Å²) in [5.74, 6) is -0.885. The molecule has 110 valence electrons. The molecule has 0 aliphatic heterocycles. The lowest BCUT2D eigenvalue weighted by Gasteiger charge is -2.24. The third kappa shape index (κ3) is 8.15. The van der Waals surface area contributed by atoms with Gasteiger partial charge in [-0.3, -0.25) is 19.8 Å². The first-order valence-corrected chi connectivity index (χ1v) is 6.17. The van der Waals surface area contributed by atoms with Gasteiger partial charge in [-0.2, -0.15) is 0 Å². The van der Waals surface area contributed by atoms with Crippen molar-refractivity contribution in [2.75, 3.05) is 20.2 Å². The van der Waals surface area contributed by atoms with E-state index < -0.39 is 17.9 Å². The van der Waals surface area contributed by atoms with Gasteiger partial charge in [0.2, 0.25) is 5.91 Å². The molecule has 0 radical (unpaired) electrons. The second kappa shape index (κ2) is 8.47. The van der Waals surface area contributed by atoms with Crippen LogP contribution < -0.4 is 10.6 Å². The van der Waals surface area contributed by atoms with Crippen LogP contribution in [0.3, 0.4) is 0 Å². The van der Waals surface area contributed by atoms with Gasteiger partial charge in [-0.25, -0.2) is 4.79 Å². The van der Waals surface area contributed by atoms with Crippen LogP contribution in [0.25, 0.3) is 0 Å². The molecule has 0 saturated heterocycles. The second-order valence-corrected chi connectivity index (χ2v) is 4.75. The molecule has 0 aromatic rings. The summed E-state index contributed by atoms with van der Waals surface area (Å²) >= 11 is 0. The van der Waals surface area contributed by atoms with Crippen molar-refractivity contribution in [2.45, 2.75) is 39.8 Å². The van der Waals surface area contributed by atoms with E-state index in [2.05, 4.69) is 15.4 Å². The van der Waals surface area contributed by atoms with E-state index in [4.69, 9.17) is 0 Å². The maximum absolute atomic E-state index is 11.7. The van der Waals surface area contributed by atoms with E-state index >= 15 is 0 Å². The summed E-state index contributed by atoms with van der Waals surface area (Å²) < 4.78 is 4.55. The molecule has 0 saturated carbocycles. The maximum Gasteiger partial charge on any atom is 0.321 e. The highest BCUT2D eigenvalue weighted by molar-refractivity contribution is 5.95. The molecule has 7 nitrogen and oxygen atoms in total. The molecule has 0 aromatic carbocycles. The van der Waals surface area contributed by atoms with Gasteiger partial charge in [0.1, 0.15) is 0 Å². The Hall–Kier alpha value is -1.63. The molecule has 0 aromatic heterocycles. The minimum absolute atomic E-state index is 0.00733. The number of nitrogens with zero attached hydrogens (tertiary/aromatic N) is 1. The third-order valence-electron chi connectivity index (χ3n) is 2.31. The Morgan fingerprint density at radius 2 is 1.68 bits per heavy atom. The fourth-order valence-corrected chi connectivity index (χ4v) is 1.30. The molecule has 0 atom stereocenters. The summed E-state index contributed by atoms with van der Waals surface area (Å²) in [4.78, 5) is 35.8. The van der Waals surface area contributed by atoms with Crippen LogP contribution in [0.5, 0.6) is 0 Å². The molecule has 0 heterocycles. The quantitative estimate of drug-likeness (QED) is 0.670. The Bertz CT molecular complexity index is 329. The zero-order valence-electron chi connectivity index (χ0n) is 12.1. The normalized spacial score (nSPS) is 10.7. The number of ether oxygens (including phenoxy) is 1. The van der Waals surface area contributed by atoms with Crippen molar-refractivity contribution in [2.24, 2.45) is 0 Å². The summed E-state index contributed by atoms with van der Waals surface area (Å²) in [6, 6.07) is -0.608. The molecule has 0 bridgehead atoms. The van der Waals surface area contributed by atoms with Crippen molar-refractivity contribution in [1.29, 1.82) is 0 Å². The summed E-state index contributed by atoms with van der Waals surface area (Å²) in [6.45, 7) is 7.25. The average molecular weight is 273 g/mol. The monoisotopic (exact) mass is 273 g/mol. The number of carbonyl (C=O) groups excluding carboxylic acids is 3. The van der Waals surface area contributed by atoms with E-state index in [9.17, 15) is 14.4 Å². The Balaban J connectivity index is 4.32. The molecule has 0 aliphatic carbocycles. The smallest absolute Gasteiger partial charge is 0.321 e. The van der Waals surface area contributed by atoms with Crippen molar-refractivity contribution in [1.82, 2.24) is 15.5 Å². The van der Waals surface area contributed by atoms with E-state index in [0.717, 1.165) is 0 Å². The van der Waals surface area contributed by atoms with Gasteiger partial charge >= 0.3 is 12.0 Å². The van der Waals surface area contributed by atoms with Gasteiger partial charge in [0.25, 0.3) is 0 Å². The fraction of sp³-hybridized carbons (Fsp3) is 0.750. The SMILES string of the molecule is COC(=O)CN(CC(=O)NC(=O)NC(C)C)C(C)C. The molecular weight excluding hydrogens is 250 g/mol.